The Morgan fingerprint density at radius 2 is 2.29 bits per heavy atom. The average molecular weight is 397 g/mol. The van der Waals surface area contributed by atoms with Crippen LogP contribution in [0.15, 0.2) is 22.7 Å². The first kappa shape index (κ1) is 18.7. The molecule has 118 valence electrons. The molecule has 1 aliphatic rings. The zero-order chi connectivity index (χ0) is 14.5. The van der Waals surface area contributed by atoms with Gasteiger partial charge in [0.2, 0.25) is 5.91 Å². The van der Waals surface area contributed by atoms with Gasteiger partial charge in [-0.15, -0.1) is 12.4 Å². The van der Waals surface area contributed by atoms with Crippen LogP contribution in [0.3, 0.4) is 0 Å². The smallest absolute Gasteiger partial charge is 0.238 e. The zero-order valence-electron chi connectivity index (χ0n) is 11.6. The van der Waals surface area contributed by atoms with Gasteiger partial charge in [-0.2, -0.15) is 0 Å². The number of nitrogens with zero attached hydrogens (tertiary/aromatic N) is 1. The second kappa shape index (κ2) is 8.96. The van der Waals surface area contributed by atoms with Crippen molar-refractivity contribution in [3.63, 3.8) is 0 Å². The van der Waals surface area contributed by atoms with Crippen molar-refractivity contribution in [2.75, 3.05) is 31.5 Å². The Morgan fingerprint density at radius 1 is 1.52 bits per heavy atom. The van der Waals surface area contributed by atoms with Crippen molar-refractivity contribution >= 4 is 51.5 Å². The molecular weight excluding hydrogens is 377 g/mol. The molecule has 3 N–H and O–H groups in total. The number of nitrogens with one attached hydrogen (secondary N) is 1. The lowest BCUT2D eigenvalue weighted by atomic mass is 9.98. The molecule has 1 atom stereocenters. The Hall–Kier alpha value is -0.330. The Labute approximate surface area is 144 Å². The molecule has 4 nitrogen and oxygen atoms in total. The Morgan fingerprint density at radius 3 is 2.95 bits per heavy atom. The summed E-state index contributed by atoms with van der Waals surface area (Å²) in [6, 6.07) is 5.42. The fourth-order valence-electron chi connectivity index (χ4n) is 2.47. The molecule has 2 rings (SSSR count). The molecule has 1 unspecified atom stereocenters. The van der Waals surface area contributed by atoms with Gasteiger partial charge in [0.05, 0.1) is 17.3 Å². The van der Waals surface area contributed by atoms with E-state index in [2.05, 4.69) is 26.1 Å². The van der Waals surface area contributed by atoms with Crippen LogP contribution in [-0.4, -0.2) is 37.0 Å². The molecule has 1 amide bonds. The van der Waals surface area contributed by atoms with Crippen LogP contribution in [0.2, 0.25) is 5.02 Å². The fourth-order valence-corrected chi connectivity index (χ4v) is 3.19. The second-order valence-electron chi connectivity index (χ2n) is 5.15. The van der Waals surface area contributed by atoms with Crippen molar-refractivity contribution in [3.8, 4) is 0 Å². The molecular formula is C14H20BrCl2N3O. The van der Waals surface area contributed by atoms with Crippen molar-refractivity contribution in [1.82, 2.24) is 4.90 Å². The van der Waals surface area contributed by atoms with Gasteiger partial charge >= 0.3 is 0 Å². The molecule has 1 fully saturated rings. The minimum atomic E-state index is -0.0353. The molecule has 0 aromatic heterocycles. The monoisotopic (exact) mass is 395 g/mol. The first-order chi connectivity index (χ1) is 9.58. The van der Waals surface area contributed by atoms with Gasteiger partial charge in [-0.3, -0.25) is 9.69 Å². The summed E-state index contributed by atoms with van der Waals surface area (Å²) in [6.45, 7) is 2.94. The number of rotatable bonds is 4. The molecule has 1 aliphatic heterocycles. The van der Waals surface area contributed by atoms with Crippen molar-refractivity contribution in [2.45, 2.75) is 12.8 Å². The van der Waals surface area contributed by atoms with E-state index in [1.165, 1.54) is 0 Å². The van der Waals surface area contributed by atoms with E-state index in [1.807, 2.05) is 6.07 Å². The summed E-state index contributed by atoms with van der Waals surface area (Å²) < 4.78 is 0.891. The average Bonchev–Trinajstić information content (AvgIpc) is 2.42. The summed E-state index contributed by atoms with van der Waals surface area (Å²) in [5.74, 6) is 0.472. The largest absolute Gasteiger partial charge is 0.330 e. The third kappa shape index (κ3) is 5.75. The maximum atomic E-state index is 12.1. The Kier molecular flexibility index (Phi) is 7.98. The lowest BCUT2D eigenvalue weighted by molar-refractivity contribution is -0.117. The van der Waals surface area contributed by atoms with Crippen LogP contribution in [0.5, 0.6) is 0 Å². The van der Waals surface area contributed by atoms with Crippen LogP contribution in [-0.2, 0) is 4.79 Å². The second-order valence-corrected chi connectivity index (χ2v) is 6.47. The number of anilines is 1. The van der Waals surface area contributed by atoms with Gasteiger partial charge in [0.25, 0.3) is 0 Å². The van der Waals surface area contributed by atoms with E-state index in [1.54, 1.807) is 12.1 Å². The van der Waals surface area contributed by atoms with Crippen LogP contribution in [0.1, 0.15) is 12.8 Å². The molecule has 0 aliphatic carbocycles. The van der Waals surface area contributed by atoms with Crippen LogP contribution < -0.4 is 11.1 Å². The van der Waals surface area contributed by atoms with E-state index < -0.39 is 0 Å². The van der Waals surface area contributed by atoms with Crippen molar-refractivity contribution < 1.29 is 4.79 Å². The lowest BCUT2D eigenvalue weighted by Crippen LogP contribution is -2.42. The molecule has 21 heavy (non-hydrogen) atoms. The summed E-state index contributed by atoms with van der Waals surface area (Å²) in [5.41, 5.74) is 6.35. The number of carbonyl (C=O) groups is 1. The van der Waals surface area contributed by atoms with Gasteiger partial charge in [0.15, 0.2) is 0 Å². The summed E-state index contributed by atoms with van der Waals surface area (Å²) in [4.78, 5) is 14.2. The van der Waals surface area contributed by atoms with Gasteiger partial charge in [-0.1, -0.05) is 27.5 Å². The van der Waals surface area contributed by atoms with Gasteiger partial charge in [0.1, 0.15) is 0 Å². The van der Waals surface area contributed by atoms with Crippen LogP contribution in [0.25, 0.3) is 0 Å². The summed E-state index contributed by atoms with van der Waals surface area (Å²) >= 11 is 9.43. The Balaban J connectivity index is 0.00000220. The molecule has 1 saturated heterocycles. The number of benzene rings is 1. The quantitative estimate of drug-likeness (QED) is 0.821. The highest BCUT2D eigenvalue weighted by molar-refractivity contribution is 9.10. The van der Waals surface area contributed by atoms with E-state index >= 15 is 0 Å². The number of hydrogen-bond acceptors (Lipinski definition) is 3. The number of likely N-dealkylation sites (tertiary alicyclic amines) is 1. The van der Waals surface area contributed by atoms with Crippen molar-refractivity contribution in [2.24, 2.45) is 11.7 Å². The first-order valence-electron chi connectivity index (χ1n) is 6.76. The van der Waals surface area contributed by atoms with E-state index in [0.717, 1.165) is 30.4 Å². The standard InChI is InChI=1S/C14H19BrClN3O.ClH/c15-11-3-4-13(12(16)6-11)18-14(20)9-19-5-1-2-10(7-17)8-19;/h3-4,6,10H,1-2,5,7-9,17H2,(H,18,20);1H. The van der Waals surface area contributed by atoms with Gasteiger partial charge in [-0.25, -0.2) is 0 Å². The predicted octanol–water partition coefficient (Wildman–Crippen LogP) is 3.13. The molecule has 0 bridgehead atoms. The molecule has 7 heteroatoms. The van der Waals surface area contributed by atoms with Crippen LogP contribution in [0, 0.1) is 5.92 Å². The highest BCUT2D eigenvalue weighted by atomic mass is 79.9. The van der Waals surface area contributed by atoms with Crippen molar-refractivity contribution in [1.29, 1.82) is 0 Å². The third-order valence-electron chi connectivity index (χ3n) is 3.51. The predicted molar refractivity (Wildman–Crippen MR) is 93.2 cm³/mol. The molecule has 1 aromatic carbocycles. The highest BCUT2D eigenvalue weighted by Crippen LogP contribution is 2.25. The number of carbonyl (C=O) groups excluding carboxylic acids is 1. The van der Waals surface area contributed by atoms with Crippen molar-refractivity contribution in [3.05, 3.63) is 27.7 Å². The van der Waals surface area contributed by atoms with Crippen LogP contribution in [0.4, 0.5) is 5.69 Å². The first-order valence-corrected chi connectivity index (χ1v) is 7.93. The maximum Gasteiger partial charge on any atom is 0.238 e. The Bertz CT molecular complexity index is 487. The zero-order valence-corrected chi connectivity index (χ0v) is 14.8. The molecule has 1 aromatic rings. The number of hydrogen-bond donors (Lipinski definition) is 2. The molecule has 0 saturated carbocycles. The normalized spacial score (nSPS) is 18.9. The van der Waals surface area contributed by atoms with Gasteiger partial charge < -0.3 is 11.1 Å². The topological polar surface area (TPSA) is 58.4 Å². The number of nitrogens with two attached hydrogens (primary N) is 1. The summed E-state index contributed by atoms with van der Waals surface area (Å²) in [7, 11) is 0. The number of halogens is 3. The van der Waals surface area contributed by atoms with Gasteiger partial charge in [0, 0.05) is 11.0 Å². The molecule has 0 radical (unpaired) electrons. The number of piperidine rings is 1. The maximum absolute atomic E-state index is 12.1. The fraction of sp³-hybridized carbons (Fsp3) is 0.500. The van der Waals surface area contributed by atoms with E-state index in [-0.39, 0.29) is 18.3 Å². The third-order valence-corrected chi connectivity index (χ3v) is 4.31. The highest BCUT2D eigenvalue weighted by Gasteiger charge is 2.20. The minimum Gasteiger partial charge on any atom is -0.330 e. The molecule has 0 spiro atoms. The summed E-state index contributed by atoms with van der Waals surface area (Å²) in [5, 5.41) is 3.39. The van der Waals surface area contributed by atoms with Gasteiger partial charge in [-0.05, 0) is 50.0 Å². The van der Waals surface area contributed by atoms with Crippen LogP contribution >= 0.6 is 39.9 Å². The number of amides is 1. The van der Waals surface area contributed by atoms with E-state index in [9.17, 15) is 4.79 Å². The van der Waals surface area contributed by atoms with E-state index in [0.29, 0.717) is 29.7 Å². The SMILES string of the molecule is Cl.NCC1CCCN(CC(=O)Nc2ccc(Br)cc2Cl)C1. The molecule has 1 heterocycles. The lowest BCUT2D eigenvalue weighted by Gasteiger charge is -2.31. The van der Waals surface area contributed by atoms with E-state index in [4.69, 9.17) is 17.3 Å². The summed E-state index contributed by atoms with van der Waals surface area (Å²) in [6.07, 6.45) is 2.27. The minimum absolute atomic E-state index is 0.